The molecule has 0 aliphatic rings. The number of ether oxygens (including phenoxy) is 1. The van der Waals surface area contributed by atoms with Gasteiger partial charge in [0.25, 0.3) is 0 Å². The first-order valence-electron chi connectivity index (χ1n) is 6.43. The highest BCUT2D eigenvalue weighted by Gasteiger charge is 2.16. The van der Waals surface area contributed by atoms with Crippen LogP contribution in [0.5, 0.6) is 0 Å². The first-order chi connectivity index (χ1) is 10.2. The molecule has 0 bridgehead atoms. The smallest absolute Gasteiger partial charge is 0.340 e. The van der Waals surface area contributed by atoms with E-state index in [0.717, 1.165) is 5.56 Å². The van der Waals surface area contributed by atoms with E-state index in [1.165, 1.54) is 19.2 Å². The number of esters is 1. The van der Waals surface area contributed by atoms with Crippen molar-refractivity contribution < 1.29 is 13.9 Å². The van der Waals surface area contributed by atoms with E-state index in [1.54, 1.807) is 12.1 Å². The van der Waals surface area contributed by atoms with Crippen LogP contribution >= 0.6 is 0 Å². The maximum Gasteiger partial charge on any atom is 0.340 e. The summed E-state index contributed by atoms with van der Waals surface area (Å²) in [5, 5.41) is 0.565. The maximum atomic E-state index is 13.3. The zero-order chi connectivity index (χ0) is 14.8. The van der Waals surface area contributed by atoms with Gasteiger partial charge in [0, 0.05) is 10.9 Å². The van der Waals surface area contributed by atoms with Crippen molar-refractivity contribution in [1.82, 2.24) is 4.98 Å². The third-order valence-corrected chi connectivity index (χ3v) is 3.23. The normalized spacial score (nSPS) is 10.6. The molecule has 4 heteroatoms. The first kappa shape index (κ1) is 13.2. The van der Waals surface area contributed by atoms with Crippen LogP contribution in [0.1, 0.15) is 10.4 Å². The molecule has 1 heterocycles. The second-order valence-electron chi connectivity index (χ2n) is 4.58. The second-order valence-corrected chi connectivity index (χ2v) is 4.58. The molecule has 0 aliphatic carbocycles. The van der Waals surface area contributed by atoms with Crippen molar-refractivity contribution in [1.29, 1.82) is 0 Å². The van der Waals surface area contributed by atoms with Gasteiger partial charge >= 0.3 is 5.97 Å². The minimum atomic E-state index is -0.493. The van der Waals surface area contributed by atoms with Gasteiger partial charge in [-0.2, -0.15) is 0 Å². The molecule has 0 unspecified atom stereocenters. The highest BCUT2D eigenvalue weighted by atomic mass is 19.1. The average Bonchev–Trinajstić information content (AvgIpc) is 2.53. The van der Waals surface area contributed by atoms with Crippen molar-refractivity contribution in [2.75, 3.05) is 7.11 Å². The molecule has 0 radical (unpaired) electrons. The minimum absolute atomic E-state index is 0.321. The molecule has 0 spiro atoms. The second kappa shape index (κ2) is 5.32. The molecule has 2 aromatic carbocycles. The van der Waals surface area contributed by atoms with Gasteiger partial charge in [-0.05, 0) is 24.3 Å². The molecule has 0 atom stereocenters. The third kappa shape index (κ3) is 2.48. The molecule has 3 aromatic rings. The number of benzene rings is 2. The van der Waals surface area contributed by atoms with Crippen molar-refractivity contribution in [3.63, 3.8) is 0 Å². The number of halogens is 1. The van der Waals surface area contributed by atoms with E-state index in [9.17, 15) is 9.18 Å². The van der Waals surface area contributed by atoms with E-state index in [2.05, 4.69) is 4.98 Å². The molecule has 3 rings (SSSR count). The van der Waals surface area contributed by atoms with Crippen molar-refractivity contribution >= 4 is 16.9 Å². The van der Waals surface area contributed by atoms with Crippen molar-refractivity contribution in [3.05, 3.63) is 66.0 Å². The predicted octanol–water partition coefficient (Wildman–Crippen LogP) is 3.83. The Balaban J connectivity index is 2.30. The van der Waals surface area contributed by atoms with E-state index in [-0.39, 0.29) is 5.82 Å². The Labute approximate surface area is 121 Å². The molecule has 21 heavy (non-hydrogen) atoms. The quantitative estimate of drug-likeness (QED) is 0.670. The number of aromatic nitrogens is 1. The van der Waals surface area contributed by atoms with Gasteiger partial charge in [0.05, 0.1) is 23.9 Å². The topological polar surface area (TPSA) is 39.2 Å². The van der Waals surface area contributed by atoms with E-state index in [0.29, 0.717) is 22.2 Å². The number of hydrogen-bond acceptors (Lipinski definition) is 3. The largest absolute Gasteiger partial charge is 0.465 e. The van der Waals surface area contributed by atoms with Crippen LogP contribution in [0.2, 0.25) is 0 Å². The first-order valence-corrected chi connectivity index (χ1v) is 6.43. The van der Waals surface area contributed by atoms with E-state index in [1.807, 2.05) is 30.3 Å². The van der Waals surface area contributed by atoms with E-state index >= 15 is 0 Å². The lowest BCUT2D eigenvalue weighted by molar-refractivity contribution is 0.0601. The standard InChI is InChI=1S/C17H12FNO2/c1-21-17(20)14-10-12-9-13(18)7-8-15(12)19-16(14)11-5-3-2-4-6-11/h2-10H,1H3. The zero-order valence-electron chi connectivity index (χ0n) is 11.3. The van der Waals surface area contributed by atoms with Gasteiger partial charge in [-0.15, -0.1) is 0 Å². The summed E-state index contributed by atoms with van der Waals surface area (Å²) in [5.41, 5.74) is 2.29. The van der Waals surface area contributed by atoms with Gasteiger partial charge in [-0.1, -0.05) is 30.3 Å². The van der Waals surface area contributed by atoms with E-state index in [4.69, 9.17) is 4.74 Å². The Morgan fingerprint density at radius 1 is 1.10 bits per heavy atom. The van der Waals surface area contributed by atoms with Crippen LogP contribution in [0.3, 0.4) is 0 Å². The summed E-state index contributed by atoms with van der Waals surface area (Å²) < 4.78 is 18.1. The Bertz CT molecular complexity index is 816. The molecule has 0 N–H and O–H groups in total. The van der Waals surface area contributed by atoms with Gasteiger partial charge in [-0.3, -0.25) is 0 Å². The number of carbonyl (C=O) groups is 1. The lowest BCUT2D eigenvalue weighted by atomic mass is 10.0. The summed E-state index contributed by atoms with van der Waals surface area (Å²) in [6.07, 6.45) is 0. The van der Waals surface area contributed by atoms with Crippen LogP contribution in [0.4, 0.5) is 4.39 Å². The van der Waals surface area contributed by atoms with Crippen LogP contribution in [-0.4, -0.2) is 18.1 Å². The molecule has 0 fully saturated rings. The van der Waals surface area contributed by atoms with Crippen LogP contribution < -0.4 is 0 Å². The summed E-state index contributed by atoms with van der Waals surface area (Å²) >= 11 is 0. The molecular formula is C17H12FNO2. The summed E-state index contributed by atoms with van der Waals surface area (Å²) in [4.78, 5) is 16.5. The van der Waals surface area contributed by atoms with Crippen molar-refractivity contribution in [3.8, 4) is 11.3 Å². The number of carbonyl (C=O) groups excluding carboxylic acids is 1. The molecular weight excluding hydrogens is 269 g/mol. The molecule has 0 saturated carbocycles. The highest BCUT2D eigenvalue weighted by molar-refractivity contribution is 6.00. The molecule has 0 amide bonds. The van der Waals surface area contributed by atoms with Gasteiger partial charge in [0.1, 0.15) is 5.82 Å². The van der Waals surface area contributed by atoms with Gasteiger partial charge in [0.2, 0.25) is 0 Å². The summed E-state index contributed by atoms with van der Waals surface area (Å²) in [5.74, 6) is -0.861. The van der Waals surface area contributed by atoms with Crippen molar-refractivity contribution in [2.45, 2.75) is 0 Å². The van der Waals surface area contributed by atoms with Crippen LogP contribution in [-0.2, 0) is 4.74 Å². The van der Waals surface area contributed by atoms with Crippen LogP contribution in [0.25, 0.3) is 22.2 Å². The highest BCUT2D eigenvalue weighted by Crippen LogP contribution is 2.26. The molecule has 104 valence electrons. The minimum Gasteiger partial charge on any atom is -0.465 e. The lowest BCUT2D eigenvalue weighted by Crippen LogP contribution is -2.05. The number of pyridine rings is 1. The number of methoxy groups -OCH3 is 1. The Kier molecular flexibility index (Phi) is 3.36. The Hall–Kier alpha value is -2.75. The number of rotatable bonds is 2. The van der Waals surface area contributed by atoms with Gasteiger partial charge < -0.3 is 4.74 Å². The third-order valence-electron chi connectivity index (χ3n) is 3.23. The van der Waals surface area contributed by atoms with Gasteiger partial charge in [0.15, 0.2) is 0 Å². The predicted molar refractivity (Wildman–Crippen MR) is 78.5 cm³/mol. The number of nitrogens with zero attached hydrogens (tertiary/aromatic N) is 1. The fraction of sp³-hybridized carbons (Fsp3) is 0.0588. The number of hydrogen-bond donors (Lipinski definition) is 0. The fourth-order valence-corrected chi connectivity index (χ4v) is 2.23. The molecule has 1 aromatic heterocycles. The maximum absolute atomic E-state index is 13.3. The van der Waals surface area contributed by atoms with Crippen LogP contribution in [0.15, 0.2) is 54.6 Å². The number of fused-ring (bicyclic) bond motifs is 1. The zero-order valence-corrected chi connectivity index (χ0v) is 11.3. The van der Waals surface area contributed by atoms with E-state index < -0.39 is 5.97 Å². The lowest BCUT2D eigenvalue weighted by Gasteiger charge is -2.09. The fourth-order valence-electron chi connectivity index (χ4n) is 2.23. The van der Waals surface area contributed by atoms with Crippen molar-refractivity contribution in [2.24, 2.45) is 0 Å². The molecule has 0 aliphatic heterocycles. The Morgan fingerprint density at radius 3 is 2.57 bits per heavy atom. The molecule has 3 nitrogen and oxygen atoms in total. The SMILES string of the molecule is COC(=O)c1cc2cc(F)ccc2nc1-c1ccccc1. The average molecular weight is 281 g/mol. The summed E-state index contributed by atoms with van der Waals surface area (Å²) in [6.45, 7) is 0. The molecule has 0 saturated heterocycles. The monoisotopic (exact) mass is 281 g/mol. The summed E-state index contributed by atoms with van der Waals surface area (Å²) in [6, 6.07) is 15.3. The summed E-state index contributed by atoms with van der Waals surface area (Å²) in [7, 11) is 1.31. The van der Waals surface area contributed by atoms with Crippen LogP contribution in [0, 0.1) is 5.82 Å². The Morgan fingerprint density at radius 2 is 1.86 bits per heavy atom. The van der Waals surface area contributed by atoms with Gasteiger partial charge in [-0.25, -0.2) is 14.2 Å².